The number of anilines is 2. The molecule has 0 bridgehead atoms. The van der Waals surface area contributed by atoms with Gasteiger partial charge < -0.3 is 0 Å². The Morgan fingerprint density at radius 1 is 1.00 bits per heavy atom. The number of thioether (sulfide) groups is 1. The maximum Gasteiger partial charge on any atom is 0.269 e. The van der Waals surface area contributed by atoms with Crippen LogP contribution in [-0.4, -0.2) is 42.2 Å². The molecule has 0 aliphatic carbocycles. The summed E-state index contributed by atoms with van der Waals surface area (Å²) in [6.45, 7) is 2.49. The van der Waals surface area contributed by atoms with Gasteiger partial charge >= 0.3 is 0 Å². The highest BCUT2D eigenvalue weighted by Gasteiger charge is 2.61. The number of carbonyl (C=O) groups is 2. The third-order valence-corrected chi connectivity index (χ3v) is 7.07. The van der Waals surface area contributed by atoms with Crippen LogP contribution in [0.5, 0.6) is 0 Å². The molecule has 5 nitrogen and oxygen atoms in total. The lowest BCUT2D eigenvalue weighted by Crippen LogP contribution is -2.51. The van der Waals surface area contributed by atoms with Gasteiger partial charge in [-0.1, -0.05) is 18.2 Å². The van der Waals surface area contributed by atoms with Gasteiger partial charge in [0.15, 0.2) is 0 Å². The Morgan fingerprint density at radius 2 is 1.71 bits per heavy atom. The van der Waals surface area contributed by atoms with Crippen LogP contribution >= 0.6 is 11.8 Å². The molecule has 2 saturated heterocycles. The number of para-hydroxylation sites is 1. The zero-order valence-electron chi connectivity index (χ0n) is 15.3. The van der Waals surface area contributed by atoms with Crippen LogP contribution in [0.4, 0.5) is 15.8 Å². The van der Waals surface area contributed by atoms with Crippen molar-refractivity contribution >= 4 is 35.0 Å². The van der Waals surface area contributed by atoms with Crippen LogP contribution < -0.4 is 9.80 Å². The number of likely N-dealkylation sites (tertiary alicyclic amines) is 1. The first kappa shape index (κ1) is 17.7. The molecule has 1 spiro atoms. The first-order valence-corrected chi connectivity index (χ1v) is 10.5. The molecule has 0 radical (unpaired) electrons. The molecular formula is C21H20FN3O2S. The van der Waals surface area contributed by atoms with Crippen LogP contribution in [0.1, 0.15) is 18.4 Å². The molecule has 3 aliphatic rings. The molecule has 0 aromatic heterocycles. The van der Waals surface area contributed by atoms with E-state index in [0.29, 0.717) is 12.4 Å². The summed E-state index contributed by atoms with van der Waals surface area (Å²) in [5, 5.41) is 0. The van der Waals surface area contributed by atoms with Gasteiger partial charge in [-0.2, -0.15) is 0 Å². The number of hydrogen-bond donors (Lipinski definition) is 0. The maximum atomic E-state index is 13.8. The van der Waals surface area contributed by atoms with Crippen molar-refractivity contribution in [1.82, 2.24) is 4.90 Å². The van der Waals surface area contributed by atoms with Gasteiger partial charge in [-0.25, -0.2) is 4.39 Å². The van der Waals surface area contributed by atoms with Gasteiger partial charge in [0.2, 0.25) is 10.8 Å². The molecule has 1 atom stereocenters. The number of benzene rings is 2. The van der Waals surface area contributed by atoms with E-state index in [1.807, 2.05) is 29.2 Å². The van der Waals surface area contributed by atoms with Crippen molar-refractivity contribution in [3.63, 3.8) is 0 Å². The zero-order chi connectivity index (χ0) is 19.3. The zero-order valence-corrected chi connectivity index (χ0v) is 16.1. The van der Waals surface area contributed by atoms with E-state index >= 15 is 0 Å². The molecule has 7 heteroatoms. The smallest absolute Gasteiger partial charge is 0.269 e. The van der Waals surface area contributed by atoms with E-state index in [9.17, 15) is 14.0 Å². The van der Waals surface area contributed by atoms with E-state index in [2.05, 4.69) is 4.90 Å². The lowest BCUT2D eigenvalue weighted by molar-refractivity contribution is -0.123. The molecule has 28 heavy (non-hydrogen) atoms. The van der Waals surface area contributed by atoms with Crippen LogP contribution in [0.3, 0.4) is 0 Å². The molecule has 0 saturated carbocycles. The quantitative estimate of drug-likeness (QED) is 0.798. The molecule has 0 unspecified atom stereocenters. The molecule has 0 N–H and O–H groups in total. The fourth-order valence-corrected chi connectivity index (χ4v) is 5.77. The van der Waals surface area contributed by atoms with Crippen LogP contribution in [0, 0.1) is 5.82 Å². The first-order chi connectivity index (χ1) is 13.6. The Kier molecular flexibility index (Phi) is 4.17. The summed E-state index contributed by atoms with van der Waals surface area (Å²) in [4.78, 5) is 31.2. The SMILES string of the molecule is O=C1CS[C@]2(C(=O)N(CN3CCCC3)c3ccccc32)N1c1ccc(F)cc1. The van der Waals surface area contributed by atoms with Gasteiger partial charge in [0.25, 0.3) is 5.91 Å². The van der Waals surface area contributed by atoms with Gasteiger partial charge in [0.05, 0.1) is 18.1 Å². The lowest BCUT2D eigenvalue weighted by Gasteiger charge is -2.33. The van der Waals surface area contributed by atoms with Gasteiger partial charge in [-0.15, -0.1) is 11.8 Å². The minimum absolute atomic E-state index is 0.0965. The van der Waals surface area contributed by atoms with Gasteiger partial charge in [-0.05, 0) is 56.3 Å². The highest BCUT2D eigenvalue weighted by molar-refractivity contribution is 8.02. The minimum Gasteiger partial charge on any atom is -0.295 e. The van der Waals surface area contributed by atoms with Crippen molar-refractivity contribution in [2.75, 3.05) is 35.3 Å². The number of halogens is 1. The third-order valence-electron chi connectivity index (χ3n) is 5.69. The topological polar surface area (TPSA) is 43.9 Å². The Balaban J connectivity index is 1.62. The molecule has 2 fully saturated rings. The monoisotopic (exact) mass is 397 g/mol. The number of nitrogens with zero attached hydrogens (tertiary/aromatic N) is 3. The minimum atomic E-state index is -1.12. The normalized spacial score (nSPS) is 24.6. The van der Waals surface area contributed by atoms with Crippen molar-refractivity contribution < 1.29 is 14.0 Å². The van der Waals surface area contributed by atoms with Crippen molar-refractivity contribution in [1.29, 1.82) is 0 Å². The average molecular weight is 397 g/mol. The van der Waals surface area contributed by atoms with Crippen LogP contribution in [0.15, 0.2) is 48.5 Å². The van der Waals surface area contributed by atoms with Gasteiger partial charge in [0, 0.05) is 11.3 Å². The third kappa shape index (κ3) is 2.49. The van der Waals surface area contributed by atoms with Crippen LogP contribution in [0.2, 0.25) is 0 Å². The molecule has 3 aliphatic heterocycles. The molecule has 2 aromatic rings. The lowest BCUT2D eigenvalue weighted by atomic mass is 10.0. The van der Waals surface area contributed by atoms with Crippen molar-refractivity contribution in [3.05, 3.63) is 59.9 Å². The first-order valence-electron chi connectivity index (χ1n) is 9.48. The predicted molar refractivity (Wildman–Crippen MR) is 108 cm³/mol. The summed E-state index contributed by atoms with van der Waals surface area (Å²) < 4.78 is 13.5. The highest BCUT2D eigenvalue weighted by Crippen LogP contribution is 2.55. The van der Waals surface area contributed by atoms with Gasteiger partial charge in [0.1, 0.15) is 5.82 Å². The standard InChI is InChI=1S/C21H20FN3O2S/c22-15-7-9-16(10-8-15)25-19(26)13-28-21(25)17-5-1-2-6-18(17)24(20(21)27)14-23-11-3-4-12-23/h1-2,5-10H,3-4,11-14H2/t21-/m1/s1. The number of hydrogen-bond acceptors (Lipinski definition) is 4. The molecule has 5 rings (SSSR count). The summed E-state index contributed by atoms with van der Waals surface area (Å²) in [6, 6.07) is 13.5. The highest BCUT2D eigenvalue weighted by atomic mass is 32.2. The second kappa shape index (κ2) is 6.60. The maximum absolute atomic E-state index is 13.8. The summed E-state index contributed by atoms with van der Waals surface area (Å²) in [6.07, 6.45) is 2.29. The summed E-state index contributed by atoms with van der Waals surface area (Å²) in [5.74, 6) is -0.385. The molecule has 3 heterocycles. The number of rotatable bonds is 3. The number of carbonyl (C=O) groups excluding carboxylic acids is 2. The van der Waals surface area contributed by atoms with E-state index < -0.39 is 4.87 Å². The van der Waals surface area contributed by atoms with E-state index in [0.717, 1.165) is 37.2 Å². The van der Waals surface area contributed by atoms with Crippen molar-refractivity contribution in [2.24, 2.45) is 0 Å². The van der Waals surface area contributed by atoms with Gasteiger partial charge in [-0.3, -0.25) is 24.3 Å². The van der Waals surface area contributed by atoms with Crippen molar-refractivity contribution in [2.45, 2.75) is 17.7 Å². The largest absolute Gasteiger partial charge is 0.295 e. The van der Waals surface area contributed by atoms with Crippen molar-refractivity contribution in [3.8, 4) is 0 Å². The van der Waals surface area contributed by atoms with E-state index in [4.69, 9.17) is 0 Å². The summed E-state index contributed by atoms with van der Waals surface area (Å²) in [5.41, 5.74) is 2.23. The van der Waals surface area contributed by atoms with E-state index in [1.54, 1.807) is 17.0 Å². The van der Waals surface area contributed by atoms with Crippen LogP contribution in [0.25, 0.3) is 0 Å². The average Bonchev–Trinajstić information content (AvgIpc) is 3.39. The Labute approximate surface area is 167 Å². The molecule has 144 valence electrons. The predicted octanol–water partition coefficient (Wildman–Crippen LogP) is 3.16. The fourth-order valence-electron chi connectivity index (χ4n) is 4.41. The second-order valence-corrected chi connectivity index (χ2v) is 8.52. The molecule has 2 aromatic carbocycles. The van der Waals surface area contributed by atoms with E-state index in [-0.39, 0.29) is 23.4 Å². The fraction of sp³-hybridized carbons (Fsp3) is 0.333. The van der Waals surface area contributed by atoms with Crippen LogP contribution in [-0.2, 0) is 14.5 Å². The molecule has 2 amide bonds. The summed E-state index contributed by atoms with van der Waals surface area (Å²) in [7, 11) is 0. The van der Waals surface area contributed by atoms with E-state index in [1.165, 1.54) is 23.9 Å². The number of amides is 2. The Morgan fingerprint density at radius 3 is 2.46 bits per heavy atom. The summed E-state index contributed by atoms with van der Waals surface area (Å²) >= 11 is 1.35. The Hall–Kier alpha value is -2.38. The number of fused-ring (bicyclic) bond motifs is 2. The Bertz CT molecular complexity index is 945. The molecular weight excluding hydrogens is 377 g/mol. The second-order valence-electron chi connectivity index (χ2n) is 7.36.